The summed E-state index contributed by atoms with van der Waals surface area (Å²) in [6.45, 7) is 0. The molecule has 6 rings (SSSR count). The molecular weight excluding hydrogens is 340 g/mol. The Kier molecular flexibility index (Phi) is 3.30. The Morgan fingerprint density at radius 2 is 1.11 bits per heavy atom. The van der Waals surface area contributed by atoms with Crippen LogP contribution in [0.25, 0.3) is 32.7 Å². The maximum atomic E-state index is 6.60. The van der Waals surface area contributed by atoms with Crippen molar-refractivity contribution in [2.75, 3.05) is 0 Å². The monoisotopic (exact) mass is 358 g/mol. The van der Waals surface area contributed by atoms with Gasteiger partial charge in [-0.1, -0.05) is 97.1 Å². The minimum absolute atomic E-state index is 0.102. The molecule has 0 radical (unpaired) electrons. The van der Waals surface area contributed by atoms with Gasteiger partial charge in [0.25, 0.3) is 0 Å². The molecule has 0 N–H and O–H groups in total. The number of fused-ring (bicyclic) bond motifs is 7. The van der Waals surface area contributed by atoms with Gasteiger partial charge in [0.15, 0.2) is 0 Å². The first-order valence-corrected chi connectivity index (χ1v) is 9.65. The maximum absolute atomic E-state index is 6.60. The lowest BCUT2D eigenvalue weighted by Crippen LogP contribution is -2.15. The van der Waals surface area contributed by atoms with Crippen molar-refractivity contribution < 1.29 is 4.74 Å². The summed E-state index contributed by atoms with van der Waals surface area (Å²) in [4.78, 5) is 0. The average Bonchev–Trinajstić information content (AvgIpc) is 2.78. The highest BCUT2D eigenvalue weighted by Gasteiger charge is 2.29. The summed E-state index contributed by atoms with van der Waals surface area (Å²) in [5.74, 6) is 0.955. The van der Waals surface area contributed by atoms with Crippen molar-refractivity contribution in [2.24, 2.45) is 0 Å². The van der Waals surface area contributed by atoms with Crippen LogP contribution >= 0.6 is 0 Å². The zero-order valence-corrected chi connectivity index (χ0v) is 15.3. The van der Waals surface area contributed by atoms with Crippen LogP contribution in [0.15, 0.2) is 103 Å². The van der Waals surface area contributed by atoms with Gasteiger partial charge in [-0.3, -0.25) is 0 Å². The largest absolute Gasteiger partial charge is 0.480 e. The van der Waals surface area contributed by atoms with E-state index >= 15 is 0 Å². The first-order valence-electron chi connectivity index (χ1n) is 9.65. The summed E-state index contributed by atoms with van der Waals surface area (Å²) >= 11 is 0. The molecule has 1 heterocycles. The van der Waals surface area contributed by atoms with E-state index in [4.69, 9.17) is 4.74 Å². The molecule has 1 nitrogen and oxygen atoms in total. The number of benzene rings is 5. The first-order chi connectivity index (χ1) is 13.9. The summed E-state index contributed by atoms with van der Waals surface area (Å²) in [6, 6.07) is 36.5. The molecule has 5 aromatic carbocycles. The Hall–Kier alpha value is -3.58. The third-order valence-electron chi connectivity index (χ3n) is 5.73. The van der Waals surface area contributed by atoms with E-state index in [2.05, 4.69) is 103 Å². The fourth-order valence-corrected chi connectivity index (χ4v) is 4.46. The van der Waals surface area contributed by atoms with Gasteiger partial charge in [0, 0.05) is 16.7 Å². The molecule has 0 saturated carbocycles. The zero-order chi connectivity index (χ0) is 18.5. The molecule has 28 heavy (non-hydrogen) atoms. The fourth-order valence-electron chi connectivity index (χ4n) is 4.46. The van der Waals surface area contributed by atoms with Gasteiger partial charge in [0.2, 0.25) is 0 Å². The summed E-state index contributed by atoms with van der Waals surface area (Å²) in [6.07, 6.45) is -0.102. The Morgan fingerprint density at radius 3 is 1.86 bits per heavy atom. The van der Waals surface area contributed by atoms with Gasteiger partial charge < -0.3 is 4.74 Å². The lowest BCUT2D eigenvalue weighted by Gasteiger charge is -2.31. The van der Waals surface area contributed by atoms with Crippen molar-refractivity contribution in [2.45, 2.75) is 6.10 Å². The molecule has 0 aromatic heterocycles. The molecule has 1 atom stereocenters. The van der Waals surface area contributed by atoms with Crippen LogP contribution in [0.2, 0.25) is 0 Å². The summed E-state index contributed by atoms with van der Waals surface area (Å²) in [7, 11) is 0. The Labute approximate surface area is 163 Å². The van der Waals surface area contributed by atoms with Gasteiger partial charge in [0.05, 0.1) is 0 Å². The van der Waals surface area contributed by atoms with Crippen LogP contribution < -0.4 is 4.74 Å². The Bertz CT molecular complexity index is 1330. The third kappa shape index (κ3) is 2.20. The summed E-state index contributed by atoms with van der Waals surface area (Å²) < 4.78 is 6.60. The highest BCUT2D eigenvalue weighted by Crippen LogP contribution is 2.50. The second kappa shape index (κ2) is 5.97. The molecule has 5 aromatic rings. The van der Waals surface area contributed by atoms with E-state index < -0.39 is 0 Å². The van der Waals surface area contributed by atoms with E-state index in [0.717, 1.165) is 5.75 Å². The third-order valence-corrected chi connectivity index (χ3v) is 5.73. The SMILES string of the molecule is c1ccc(C2Oc3ccc4ccccc4c3-c3c2ccc2ccccc32)cc1. The number of rotatable bonds is 1. The second-order valence-electron chi connectivity index (χ2n) is 7.32. The van der Waals surface area contributed by atoms with Gasteiger partial charge in [-0.15, -0.1) is 0 Å². The van der Waals surface area contributed by atoms with Crippen molar-refractivity contribution in [1.82, 2.24) is 0 Å². The summed E-state index contributed by atoms with van der Waals surface area (Å²) in [5, 5.41) is 5.02. The van der Waals surface area contributed by atoms with Crippen LogP contribution in [0.5, 0.6) is 5.75 Å². The van der Waals surface area contributed by atoms with Gasteiger partial charge in [-0.2, -0.15) is 0 Å². The maximum Gasteiger partial charge on any atom is 0.149 e. The quantitative estimate of drug-likeness (QED) is 0.309. The molecule has 0 aliphatic carbocycles. The molecule has 0 saturated heterocycles. The minimum atomic E-state index is -0.102. The van der Waals surface area contributed by atoms with E-state index in [9.17, 15) is 0 Å². The standard InChI is InChI=1S/C27H18O/c1-2-10-20(11-3-1)27-23-16-14-18-8-4-6-12-21(18)25(23)26-22-13-7-5-9-19(22)15-17-24(26)28-27/h1-17,27H. The molecule has 0 fully saturated rings. The highest BCUT2D eigenvalue weighted by atomic mass is 16.5. The molecule has 0 amide bonds. The first kappa shape index (κ1) is 15.5. The van der Waals surface area contributed by atoms with E-state index in [1.54, 1.807) is 0 Å². The van der Waals surface area contributed by atoms with Crippen LogP contribution in [0.3, 0.4) is 0 Å². The molecule has 0 spiro atoms. The second-order valence-corrected chi connectivity index (χ2v) is 7.32. The van der Waals surface area contributed by atoms with E-state index in [1.807, 2.05) is 0 Å². The van der Waals surface area contributed by atoms with Gasteiger partial charge in [-0.25, -0.2) is 0 Å². The van der Waals surface area contributed by atoms with E-state index in [0.29, 0.717) is 0 Å². The predicted molar refractivity (Wildman–Crippen MR) is 116 cm³/mol. The van der Waals surface area contributed by atoms with Gasteiger partial charge in [0.1, 0.15) is 11.9 Å². The number of ether oxygens (including phenoxy) is 1. The number of hydrogen-bond acceptors (Lipinski definition) is 1. The van der Waals surface area contributed by atoms with Crippen LogP contribution in [-0.4, -0.2) is 0 Å². The van der Waals surface area contributed by atoms with E-state index in [-0.39, 0.29) is 6.10 Å². The molecule has 1 aliphatic heterocycles. The van der Waals surface area contributed by atoms with Crippen molar-refractivity contribution in [3.05, 3.63) is 114 Å². The number of hydrogen-bond donors (Lipinski definition) is 0. The van der Waals surface area contributed by atoms with Crippen LogP contribution in [0.4, 0.5) is 0 Å². The predicted octanol–water partition coefficient (Wildman–Crippen LogP) is 7.14. The molecule has 1 unspecified atom stereocenters. The van der Waals surface area contributed by atoms with Crippen molar-refractivity contribution in [1.29, 1.82) is 0 Å². The molecule has 1 heteroatoms. The lowest BCUT2D eigenvalue weighted by atomic mass is 9.84. The van der Waals surface area contributed by atoms with Crippen LogP contribution in [0, 0.1) is 0 Å². The Morgan fingerprint density at radius 1 is 0.500 bits per heavy atom. The average molecular weight is 358 g/mol. The topological polar surface area (TPSA) is 9.23 Å². The Balaban J connectivity index is 1.76. The molecular formula is C27H18O. The lowest BCUT2D eigenvalue weighted by molar-refractivity contribution is 0.244. The molecule has 132 valence electrons. The highest BCUT2D eigenvalue weighted by molar-refractivity contribution is 6.09. The van der Waals surface area contributed by atoms with Crippen molar-refractivity contribution >= 4 is 21.5 Å². The normalized spacial score (nSPS) is 15.1. The van der Waals surface area contributed by atoms with Gasteiger partial charge in [-0.05, 0) is 33.2 Å². The van der Waals surface area contributed by atoms with Crippen LogP contribution in [-0.2, 0) is 0 Å². The molecule has 1 aliphatic rings. The summed E-state index contributed by atoms with van der Waals surface area (Å²) in [5.41, 5.74) is 4.91. The smallest absolute Gasteiger partial charge is 0.149 e. The van der Waals surface area contributed by atoms with Crippen molar-refractivity contribution in [3.8, 4) is 16.9 Å². The zero-order valence-electron chi connectivity index (χ0n) is 15.3. The minimum Gasteiger partial charge on any atom is -0.480 e. The van der Waals surface area contributed by atoms with Crippen LogP contribution in [0.1, 0.15) is 17.2 Å². The molecule has 0 bridgehead atoms. The van der Waals surface area contributed by atoms with Crippen molar-refractivity contribution in [3.63, 3.8) is 0 Å². The van der Waals surface area contributed by atoms with E-state index in [1.165, 1.54) is 43.8 Å². The van der Waals surface area contributed by atoms with Gasteiger partial charge >= 0.3 is 0 Å². The fraction of sp³-hybridized carbons (Fsp3) is 0.0370.